The van der Waals surface area contributed by atoms with Crippen molar-refractivity contribution in [3.63, 3.8) is 0 Å². The van der Waals surface area contributed by atoms with Crippen molar-refractivity contribution in [3.05, 3.63) is 12.2 Å². The number of amides is 1. The average Bonchev–Trinajstić information content (AvgIpc) is 2.35. The standard InChI is InChI=1S/C16H27NO5/c1-7-12(9-10-13(19)21-8-2)14(11(3)18)17-15(20)22-16(4,5)6/h9-10,12,14H,7-8H2,1-6H3,(H,17,20)/b10-9+/t12-,14+/m0/s1. The van der Waals surface area contributed by atoms with Crippen LogP contribution in [-0.2, 0) is 19.1 Å². The molecule has 0 aromatic heterocycles. The Hall–Kier alpha value is -1.85. The molecule has 0 fully saturated rings. The molecule has 0 aromatic rings. The normalized spacial score (nSPS) is 14.3. The van der Waals surface area contributed by atoms with Crippen LogP contribution in [0.2, 0.25) is 0 Å². The molecule has 1 N–H and O–H groups in total. The van der Waals surface area contributed by atoms with Crippen LogP contribution in [0.3, 0.4) is 0 Å². The molecule has 0 aliphatic rings. The van der Waals surface area contributed by atoms with Crippen LogP contribution in [0.25, 0.3) is 0 Å². The molecule has 2 atom stereocenters. The van der Waals surface area contributed by atoms with E-state index in [-0.39, 0.29) is 18.3 Å². The molecule has 0 heterocycles. The number of carbonyl (C=O) groups excluding carboxylic acids is 3. The van der Waals surface area contributed by atoms with Crippen molar-refractivity contribution in [3.8, 4) is 0 Å². The van der Waals surface area contributed by atoms with Crippen LogP contribution in [-0.4, -0.2) is 36.1 Å². The van der Waals surface area contributed by atoms with Gasteiger partial charge in [0.15, 0.2) is 5.78 Å². The Morgan fingerprint density at radius 3 is 2.18 bits per heavy atom. The number of hydrogen-bond acceptors (Lipinski definition) is 5. The lowest BCUT2D eigenvalue weighted by atomic mass is 9.93. The number of carbonyl (C=O) groups is 3. The van der Waals surface area contributed by atoms with Gasteiger partial charge in [0, 0.05) is 12.0 Å². The zero-order valence-corrected chi connectivity index (χ0v) is 14.3. The first-order chi connectivity index (χ1) is 10.1. The number of esters is 1. The second kappa shape index (κ2) is 9.23. The van der Waals surface area contributed by atoms with E-state index in [1.54, 1.807) is 33.8 Å². The monoisotopic (exact) mass is 313 g/mol. The van der Waals surface area contributed by atoms with Crippen molar-refractivity contribution in [1.82, 2.24) is 5.32 Å². The summed E-state index contributed by atoms with van der Waals surface area (Å²) >= 11 is 0. The molecule has 22 heavy (non-hydrogen) atoms. The van der Waals surface area contributed by atoms with Gasteiger partial charge in [-0.3, -0.25) is 4.79 Å². The van der Waals surface area contributed by atoms with E-state index >= 15 is 0 Å². The van der Waals surface area contributed by atoms with Gasteiger partial charge < -0.3 is 14.8 Å². The van der Waals surface area contributed by atoms with E-state index in [0.717, 1.165) is 0 Å². The van der Waals surface area contributed by atoms with E-state index < -0.39 is 23.7 Å². The summed E-state index contributed by atoms with van der Waals surface area (Å²) in [6.07, 6.45) is 2.79. The molecule has 0 aromatic carbocycles. The first-order valence-corrected chi connectivity index (χ1v) is 7.45. The third-order valence-corrected chi connectivity index (χ3v) is 2.78. The van der Waals surface area contributed by atoms with E-state index in [2.05, 4.69) is 5.32 Å². The summed E-state index contributed by atoms with van der Waals surface area (Å²) in [4.78, 5) is 35.0. The van der Waals surface area contributed by atoms with Crippen LogP contribution < -0.4 is 5.32 Å². The van der Waals surface area contributed by atoms with Gasteiger partial charge in [-0.2, -0.15) is 0 Å². The largest absolute Gasteiger partial charge is 0.463 e. The van der Waals surface area contributed by atoms with Crippen molar-refractivity contribution < 1.29 is 23.9 Å². The molecule has 0 bridgehead atoms. The minimum atomic E-state index is -0.745. The molecule has 0 spiro atoms. The predicted molar refractivity (Wildman–Crippen MR) is 83.4 cm³/mol. The molecular weight excluding hydrogens is 286 g/mol. The lowest BCUT2D eigenvalue weighted by Crippen LogP contribution is -2.46. The molecule has 0 saturated heterocycles. The SMILES string of the molecule is CCOC(=O)/C=C/[C@H](CC)[C@H](NC(=O)OC(C)(C)C)C(C)=O. The summed E-state index contributed by atoms with van der Waals surface area (Å²) in [7, 11) is 0. The van der Waals surface area contributed by atoms with Gasteiger partial charge in [0.05, 0.1) is 12.6 Å². The molecule has 0 aliphatic carbocycles. The van der Waals surface area contributed by atoms with Gasteiger partial charge in [-0.05, 0) is 41.0 Å². The second-order valence-electron chi connectivity index (χ2n) is 5.92. The first kappa shape index (κ1) is 20.1. The van der Waals surface area contributed by atoms with E-state index in [1.165, 1.54) is 13.0 Å². The summed E-state index contributed by atoms with van der Waals surface area (Å²) in [5.41, 5.74) is -0.645. The smallest absolute Gasteiger partial charge is 0.408 e. The van der Waals surface area contributed by atoms with Crippen LogP contribution in [0.1, 0.15) is 48.0 Å². The highest BCUT2D eigenvalue weighted by molar-refractivity contribution is 5.86. The number of hydrogen-bond donors (Lipinski definition) is 1. The van der Waals surface area contributed by atoms with Gasteiger partial charge in [0.1, 0.15) is 5.60 Å². The lowest BCUT2D eigenvalue weighted by Gasteiger charge is -2.25. The van der Waals surface area contributed by atoms with E-state index in [4.69, 9.17) is 9.47 Å². The van der Waals surface area contributed by atoms with Gasteiger partial charge >= 0.3 is 12.1 Å². The Morgan fingerprint density at radius 2 is 1.77 bits per heavy atom. The van der Waals surface area contributed by atoms with Gasteiger partial charge in [0.2, 0.25) is 0 Å². The zero-order valence-electron chi connectivity index (χ0n) is 14.3. The number of rotatable bonds is 7. The maximum absolute atomic E-state index is 11.8. The lowest BCUT2D eigenvalue weighted by molar-refractivity contribution is -0.137. The summed E-state index contributed by atoms with van der Waals surface area (Å²) < 4.78 is 9.96. The summed E-state index contributed by atoms with van der Waals surface area (Å²) in [5, 5.41) is 2.57. The second-order valence-corrected chi connectivity index (χ2v) is 5.92. The molecule has 6 heteroatoms. The number of nitrogens with one attached hydrogen (secondary N) is 1. The Morgan fingerprint density at radius 1 is 1.18 bits per heavy atom. The number of ketones is 1. The average molecular weight is 313 g/mol. The highest BCUT2D eigenvalue weighted by Crippen LogP contribution is 2.14. The third-order valence-electron chi connectivity index (χ3n) is 2.78. The molecular formula is C16H27NO5. The van der Waals surface area contributed by atoms with Crippen molar-refractivity contribution in [2.24, 2.45) is 5.92 Å². The van der Waals surface area contributed by atoms with Gasteiger partial charge in [0.25, 0.3) is 0 Å². The van der Waals surface area contributed by atoms with Gasteiger partial charge in [-0.15, -0.1) is 0 Å². The molecule has 0 radical (unpaired) electrons. The van der Waals surface area contributed by atoms with Crippen LogP contribution in [0.4, 0.5) is 4.79 Å². The highest BCUT2D eigenvalue weighted by atomic mass is 16.6. The first-order valence-electron chi connectivity index (χ1n) is 7.45. The molecule has 1 amide bonds. The van der Waals surface area contributed by atoms with E-state index in [0.29, 0.717) is 6.42 Å². The molecule has 0 saturated carbocycles. The van der Waals surface area contributed by atoms with Crippen molar-refractivity contribution in [2.45, 2.75) is 59.6 Å². The van der Waals surface area contributed by atoms with Crippen molar-refractivity contribution in [2.75, 3.05) is 6.61 Å². The maximum atomic E-state index is 11.8. The fourth-order valence-electron chi connectivity index (χ4n) is 1.82. The fraction of sp³-hybridized carbons (Fsp3) is 0.688. The Kier molecular flexibility index (Phi) is 8.45. The summed E-state index contributed by atoms with van der Waals surface area (Å²) in [6.45, 7) is 10.5. The number of ether oxygens (including phenoxy) is 2. The quantitative estimate of drug-likeness (QED) is 0.577. The molecule has 0 unspecified atom stereocenters. The molecule has 126 valence electrons. The van der Waals surface area contributed by atoms with Crippen molar-refractivity contribution >= 4 is 17.8 Å². The van der Waals surface area contributed by atoms with Crippen LogP contribution >= 0.6 is 0 Å². The van der Waals surface area contributed by atoms with Gasteiger partial charge in [-0.1, -0.05) is 13.0 Å². The molecule has 0 rings (SSSR count). The van der Waals surface area contributed by atoms with Crippen molar-refractivity contribution in [1.29, 1.82) is 0 Å². The Labute approximate surface area is 132 Å². The zero-order chi connectivity index (χ0) is 17.3. The fourth-order valence-corrected chi connectivity index (χ4v) is 1.82. The van der Waals surface area contributed by atoms with Crippen LogP contribution in [0.5, 0.6) is 0 Å². The van der Waals surface area contributed by atoms with E-state index in [1.807, 2.05) is 6.92 Å². The van der Waals surface area contributed by atoms with Crippen LogP contribution in [0.15, 0.2) is 12.2 Å². The Bertz CT molecular complexity index is 423. The van der Waals surface area contributed by atoms with Gasteiger partial charge in [-0.25, -0.2) is 9.59 Å². The third kappa shape index (κ3) is 8.44. The number of alkyl carbamates (subject to hydrolysis) is 1. The topological polar surface area (TPSA) is 81.7 Å². The summed E-state index contributed by atoms with van der Waals surface area (Å²) in [5.74, 6) is -0.985. The van der Waals surface area contributed by atoms with E-state index in [9.17, 15) is 14.4 Å². The Balaban J connectivity index is 4.92. The number of Topliss-reactive ketones (excluding diaryl/α,β-unsaturated/α-hetero) is 1. The maximum Gasteiger partial charge on any atom is 0.408 e. The predicted octanol–water partition coefficient (Wildman–Crippen LogP) is 2.61. The minimum Gasteiger partial charge on any atom is -0.463 e. The molecule has 0 aliphatic heterocycles. The van der Waals surface area contributed by atoms with Crippen LogP contribution in [0, 0.1) is 5.92 Å². The summed E-state index contributed by atoms with van der Waals surface area (Å²) in [6, 6.07) is -0.745. The minimum absolute atomic E-state index is 0.203. The highest BCUT2D eigenvalue weighted by Gasteiger charge is 2.27. The molecule has 6 nitrogen and oxygen atoms in total.